The van der Waals surface area contributed by atoms with Gasteiger partial charge in [-0.05, 0) is 39.2 Å². The smallest absolute Gasteiger partial charge is 0.328 e. The molecule has 0 bridgehead atoms. The zero-order valence-electron chi connectivity index (χ0n) is 12.2. The summed E-state index contributed by atoms with van der Waals surface area (Å²) in [6.45, 7) is 3.71. The van der Waals surface area contributed by atoms with Crippen molar-refractivity contribution in [3.63, 3.8) is 0 Å². The summed E-state index contributed by atoms with van der Waals surface area (Å²) in [5, 5.41) is 0.172. The van der Waals surface area contributed by atoms with Gasteiger partial charge in [0.05, 0.1) is 12.5 Å². The topological polar surface area (TPSA) is 49.9 Å². The first-order valence-electron chi connectivity index (χ1n) is 7.35. The van der Waals surface area contributed by atoms with Crippen LogP contribution in [-0.4, -0.2) is 59.3 Å². The van der Waals surface area contributed by atoms with Gasteiger partial charge in [0.1, 0.15) is 6.04 Å². The van der Waals surface area contributed by atoms with Crippen molar-refractivity contribution < 1.29 is 14.3 Å². The molecule has 5 nitrogen and oxygen atoms in total. The Morgan fingerprint density at radius 2 is 2.00 bits per heavy atom. The zero-order chi connectivity index (χ0) is 14.7. The lowest BCUT2D eigenvalue weighted by atomic mass is 10.1. The van der Waals surface area contributed by atoms with Crippen molar-refractivity contribution in [2.75, 3.05) is 20.2 Å². The van der Waals surface area contributed by atoms with Gasteiger partial charge in [0.25, 0.3) is 0 Å². The quantitative estimate of drug-likeness (QED) is 0.628. The second-order valence-electron chi connectivity index (χ2n) is 5.64. The van der Waals surface area contributed by atoms with Crippen LogP contribution in [0.25, 0.3) is 0 Å². The van der Waals surface area contributed by atoms with E-state index in [2.05, 4.69) is 17.5 Å². The fourth-order valence-electron chi connectivity index (χ4n) is 3.33. The van der Waals surface area contributed by atoms with Gasteiger partial charge in [0.15, 0.2) is 0 Å². The van der Waals surface area contributed by atoms with Gasteiger partial charge in [0, 0.05) is 19.0 Å². The third-order valence-corrected chi connectivity index (χ3v) is 4.66. The molecule has 0 aromatic heterocycles. The lowest BCUT2D eigenvalue weighted by Crippen LogP contribution is -2.44. The first kappa shape index (κ1) is 15.6. The number of methoxy groups -OCH3 is 1. The van der Waals surface area contributed by atoms with Crippen molar-refractivity contribution in [2.45, 2.75) is 56.5 Å². The summed E-state index contributed by atoms with van der Waals surface area (Å²) in [6.07, 6.45) is 4.23. The van der Waals surface area contributed by atoms with Crippen LogP contribution in [0.15, 0.2) is 0 Å². The summed E-state index contributed by atoms with van der Waals surface area (Å²) in [6, 6.07) is -0.121. The number of esters is 1. The molecule has 1 amide bonds. The van der Waals surface area contributed by atoms with E-state index in [1.165, 1.54) is 7.11 Å². The molecule has 0 spiro atoms. The molecule has 3 atom stereocenters. The minimum Gasteiger partial charge on any atom is -0.467 e. The number of rotatable bonds is 4. The molecule has 114 valence electrons. The van der Waals surface area contributed by atoms with Gasteiger partial charge >= 0.3 is 5.97 Å². The molecular formula is C14H24N2O3S. The number of carbonyl (C=O) groups excluding carboxylic acids is 2. The number of carbonyl (C=O) groups is 2. The summed E-state index contributed by atoms with van der Waals surface area (Å²) < 4.78 is 4.79. The second-order valence-corrected chi connectivity index (χ2v) is 6.39. The molecule has 0 radical (unpaired) electrons. The van der Waals surface area contributed by atoms with E-state index in [9.17, 15) is 9.59 Å². The normalized spacial score (nSPS) is 28.6. The van der Waals surface area contributed by atoms with Crippen LogP contribution < -0.4 is 0 Å². The second kappa shape index (κ2) is 6.80. The molecule has 2 saturated heterocycles. The van der Waals surface area contributed by atoms with Crippen LogP contribution in [0, 0.1) is 0 Å². The van der Waals surface area contributed by atoms with E-state index in [0.717, 1.165) is 32.2 Å². The standard InChI is InChI=1S/C14H24N2O3S/c1-10(20)15-7-3-5-11(15)9-13(17)16-8-4-6-12(16)14(18)19-2/h10-12,20H,3-9H2,1-2H3/t10?,11-,12+/m0/s1. The Kier molecular flexibility index (Phi) is 5.32. The molecule has 0 aromatic rings. The Morgan fingerprint density at radius 1 is 1.30 bits per heavy atom. The first-order chi connectivity index (χ1) is 9.54. The van der Waals surface area contributed by atoms with E-state index < -0.39 is 0 Å². The predicted octanol–water partition coefficient (Wildman–Crippen LogP) is 1.28. The SMILES string of the molecule is COC(=O)[C@H]1CCCN1C(=O)C[C@@H]1CCCN1C(C)S. The van der Waals surface area contributed by atoms with Gasteiger partial charge in [-0.15, -0.1) is 0 Å². The van der Waals surface area contributed by atoms with Crippen molar-refractivity contribution >= 4 is 24.5 Å². The molecule has 1 unspecified atom stereocenters. The highest BCUT2D eigenvalue weighted by molar-refractivity contribution is 7.80. The van der Waals surface area contributed by atoms with Gasteiger partial charge in [0.2, 0.25) is 5.91 Å². The molecule has 0 aliphatic carbocycles. The minimum atomic E-state index is -0.379. The summed E-state index contributed by atoms with van der Waals surface area (Å²) in [5.74, 6) is -0.217. The highest BCUT2D eigenvalue weighted by Crippen LogP contribution is 2.26. The molecule has 2 aliphatic heterocycles. The van der Waals surface area contributed by atoms with E-state index in [-0.39, 0.29) is 29.3 Å². The average molecular weight is 300 g/mol. The first-order valence-corrected chi connectivity index (χ1v) is 7.87. The Morgan fingerprint density at radius 3 is 2.65 bits per heavy atom. The van der Waals surface area contributed by atoms with Crippen molar-refractivity contribution in [1.82, 2.24) is 9.80 Å². The Bertz CT molecular complexity index is 375. The molecule has 0 saturated carbocycles. The maximum Gasteiger partial charge on any atom is 0.328 e. The Balaban J connectivity index is 1.95. The lowest BCUT2D eigenvalue weighted by molar-refractivity contribution is -0.151. The van der Waals surface area contributed by atoms with Crippen LogP contribution in [0.4, 0.5) is 0 Å². The molecular weight excluding hydrogens is 276 g/mol. The van der Waals surface area contributed by atoms with Crippen LogP contribution in [0.5, 0.6) is 0 Å². The number of thiol groups is 1. The summed E-state index contributed by atoms with van der Waals surface area (Å²) >= 11 is 4.48. The van der Waals surface area contributed by atoms with E-state index in [4.69, 9.17) is 4.74 Å². The Hall–Kier alpha value is -0.750. The fourth-order valence-corrected chi connectivity index (χ4v) is 3.64. The molecule has 2 aliphatic rings. The number of ether oxygens (including phenoxy) is 1. The molecule has 6 heteroatoms. The molecule has 2 fully saturated rings. The largest absolute Gasteiger partial charge is 0.467 e. The van der Waals surface area contributed by atoms with E-state index in [0.29, 0.717) is 13.0 Å². The van der Waals surface area contributed by atoms with E-state index >= 15 is 0 Å². The van der Waals surface area contributed by atoms with E-state index in [1.54, 1.807) is 4.90 Å². The number of nitrogens with zero attached hydrogens (tertiary/aromatic N) is 2. The van der Waals surface area contributed by atoms with E-state index in [1.807, 2.05) is 6.92 Å². The summed E-state index contributed by atoms with van der Waals surface area (Å²) in [4.78, 5) is 28.1. The van der Waals surface area contributed by atoms with Gasteiger partial charge < -0.3 is 9.64 Å². The van der Waals surface area contributed by atoms with Gasteiger partial charge in [-0.1, -0.05) is 0 Å². The van der Waals surface area contributed by atoms with Crippen molar-refractivity contribution in [1.29, 1.82) is 0 Å². The molecule has 2 rings (SSSR count). The van der Waals surface area contributed by atoms with Gasteiger partial charge in [-0.2, -0.15) is 12.6 Å². The minimum absolute atomic E-state index is 0.0729. The number of likely N-dealkylation sites (tertiary alicyclic amines) is 2. The van der Waals surface area contributed by atoms with Crippen LogP contribution in [-0.2, 0) is 14.3 Å². The maximum absolute atomic E-state index is 12.5. The molecule has 20 heavy (non-hydrogen) atoms. The third-order valence-electron chi connectivity index (χ3n) is 4.36. The summed E-state index contributed by atoms with van der Waals surface area (Å²) in [7, 11) is 1.38. The van der Waals surface area contributed by atoms with Gasteiger partial charge in [-0.3, -0.25) is 9.69 Å². The predicted molar refractivity (Wildman–Crippen MR) is 79.5 cm³/mol. The monoisotopic (exact) mass is 300 g/mol. The van der Waals surface area contributed by atoms with Crippen LogP contribution in [0.2, 0.25) is 0 Å². The van der Waals surface area contributed by atoms with Crippen molar-refractivity contribution in [3.05, 3.63) is 0 Å². The Labute approximate surface area is 126 Å². The number of hydrogen-bond donors (Lipinski definition) is 1. The highest BCUT2D eigenvalue weighted by Gasteiger charge is 2.37. The zero-order valence-corrected chi connectivity index (χ0v) is 13.1. The third kappa shape index (κ3) is 3.28. The lowest BCUT2D eigenvalue weighted by Gasteiger charge is -2.30. The molecule has 0 aromatic carbocycles. The van der Waals surface area contributed by atoms with Crippen LogP contribution >= 0.6 is 12.6 Å². The van der Waals surface area contributed by atoms with Crippen molar-refractivity contribution in [3.8, 4) is 0 Å². The average Bonchev–Trinajstić information content (AvgIpc) is 3.05. The van der Waals surface area contributed by atoms with Crippen molar-refractivity contribution in [2.24, 2.45) is 0 Å². The fraction of sp³-hybridized carbons (Fsp3) is 0.857. The highest BCUT2D eigenvalue weighted by atomic mass is 32.1. The van der Waals surface area contributed by atoms with Gasteiger partial charge in [-0.25, -0.2) is 4.79 Å². The van der Waals surface area contributed by atoms with Crippen LogP contribution in [0.1, 0.15) is 39.0 Å². The number of amides is 1. The summed E-state index contributed by atoms with van der Waals surface area (Å²) in [5.41, 5.74) is 0. The maximum atomic E-state index is 12.5. The number of hydrogen-bond acceptors (Lipinski definition) is 5. The molecule has 0 N–H and O–H groups in total. The molecule has 2 heterocycles. The van der Waals surface area contributed by atoms with Crippen LogP contribution in [0.3, 0.4) is 0 Å².